The average molecular weight is 132 g/mol. The maximum Gasteiger partial charge on any atom is 0.0933 e. The van der Waals surface area contributed by atoms with Gasteiger partial charge in [-0.1, -0.05) is 6.08 Å². The van der Waals surface area contributed by atoms with E-state index in [0.717, 1.165) is 5.70 Å². The third kappa shape index (κ3) is 1.26. The predicted octanol–water partition coefficient (Wildman–Crippen LogP) is 1.41. The normalized spacial score (nSPS) is 19.6. The van der Waals surface area contributed by atoms with E-state index in [1.165, 1.54) is 6.08 Å². The van der Waals surface area contributed by atoms with Crippen LogP contribution in [-0.4, -0.2) is 11.9 Å². The van der Waals surface area contributed by atoms with Crippen molar-refractivity contribution in [2.75, 3.05) is 7.05 Å². The zero-order valence-corrected chi connectivity index (χ0v) is 5.78. The van der Waals surface area contributed by atoms with Crippen molar-refractivity contribution in [1.29, 1.82) is 5.26 Å². The van der Waals surface area contributed by atoms with Gasteiger partial charge < -0.3 is 4.90 Å². The molecule has 0 saturated carbocycles. The van der Waals surface area contributed by atoms with E-state index in [2.05, 4.69) is 0 Å². The number of hydrogen-bond donors (Lipinski definition) is 0. The standard InChI is InChI=1S/C8H8N2/c1-10-7-3-2-4-8(10)5-6-9/h2-5,7H,1H3. The first kappa shape index (κ1) is 6.63. The largest absolute Gasteiger partial charge is 0.350 e. The quantitative estimate of drug-likeness (QED) is 0.466. The van der Waals surface area contributed by atoms with Crippen LogP contribution in [0.1, 0.15) is 0 Å². The fourth-order valence-electron chi connectivity index (χ4n) is 0.753. The summed E-state index contributed by atoms with van der Waals surface area (Å²) in [4.78, 5) is 1.89. The van der Waals surface area contributed by atoms with Gasteiger partial charge in [-0.2, -0.15) is 5.26 Å². The molecule has 1 aliphatic rings. The highest BCUT2D eigenvalue weighted by Crippen LogP contribution is 2.07. The Morgan fingerprint density at radius 1 is 1.60 bits per heavy atom. The molecular formula is C8H8N2. The minimum atomic E-state index is 0.921. The summed E-state index contributed by atoms with van der Waals surface area (Å²) in [6.07, 6.45) is 9.14. The van der Waals surface area contributed by atoms with Gasteiger partial charge in [0.1, 0.15) is 0 Å². The molecule has 0 atom stereocenters. The van der Waals surface area contributed by atoms with Gasteiger partial charge in [0.25, 0.3) is 0 Å². The number of likely N-dealkylation sites (N-methyl/N-ethyl adjacent to an activating group) is 1. The Kier molecular flexibility index (Phi) is 1.91. The molecule has 0 radical (unpaired) electrons. The summed E-state index contributed by atoms with van der Waals surface area (Å²) >= 11 is 0. The van der Waals surface area contributed by atoms with Gasteiger partial charge in [-0.3, -0.25) is 0 Å². The Bertz CT molecular complexity index is 240. The molecule has 0 fully saturated rings. The van der Waals surface area contributed by atoms with Crippen molar-refractivity contribution in [1.82, 2.24) is 4.90 Å². The van der Waals surface area contributed by atoms with Crippen molar-refractivity contribution >= 4 is 0 Å². The van der Waals surface area contributed by atoms with E-state index in [4.69, 9.17) is 5.26 Å². The van der Waals surface area contributed by atoms with Crippen LogP contribution in [0.15, 0.2) is 36.2 Å². The number of rotatable bonds is 0. The van der Waals surface area contributed by atoms with Crippen molar-refractivity contribution in [3.8, 4) is 6.07 Å². The molecule has 1 heterocycles. The summed E-state index contributed by atoms with van der Waals surface area (Å²) in [6, 6.07) is 1.98. The van der Waals surface area contributed by atoms with E-state index >= 15 is 0 Å². The van der Waals surface area contributed by atoms with Gasteiger partial charge >= 0.3 is 0 Å². The first-order chi connectivity index (χ1) is 4.84. The SMILES string of the molecule is CN1C=CC=CC1=CC#N. The number of hydrogen-bond acceptors (Lipinski definition) is 2. The highest BCUT2D eigenvalue weighted by Gasteiger charge is 1.97. The molecule has 0 N–H and O–H groups in total. The Morgan fingerprint density at radius 2 is 2.40 bits per heavy atom. The van der Waals surface area contributed by atoms with Gasteiger partial charge in [-0.25, -0.2) is 0 Å². The van der Waals surface area contributed by atoms with Gasteiger partial charge in [0, 0.05) is 19.3 Å². The summed E-state index contributed by atoms with van der Waals surface area (Å²) in [6.45, 7) is 0. The minimum absolute atomic E-state index is 0.921. The van der Waals surface area contributed by atoms with E-state index in [9.17, 15) is 0 Å². The topological polar surface area (TPSA) is 27.0 Å². The molecule has 0 aliphatic carbocycles. The Morgan fingerprint density at radius 3 is 3.00 bits per heavy atom. The van der Waals surface area contributed by atoms with Crippen LogP contribution >= 0.6 is 0 Å². The lowest BCUT2D eigenvalue weighted by Gasteiger charge is -2.15. The van der Waals surface area contributed by atoms with E-state index in [0.29, 0.717) is 0 Å². The van der Waals surface area contributed by atoms with Crippen molar-refractivity contribution in [3.05, 3.63) is 36.2 Å². The summed E-state index contributed by atoms with van der Waals surface area (Å²) in [5.74, 6) is 0. The van der Waals surface area contributed by atoms with Crippen molar-refractivity contribution in [2.24, 2.45) is 0 Å². The predicted molar refractivity (Wildman–Crippen MR) is 39.7 cm³/mol. The maximum atomic E-state index is 8.33. The van der Waals surface area contributed by atoms with Gasteiger partial charge in [0.05, 0.1) is 11.8 Å². The lowest BCUT2D eigenvalue weighted by atomic mass is 10.3. The van der Waals surface area contributed by atoms with Gasteiger partial charge in [0.15, 0.2) is 0 Å². The lowest BCUT2D eigenvalue weighted by molar-refractivity contribution is 0.584. The molecular weight excluding hydrogens is 124 g/mol. The molecule has 0 amide bonds. The molecule has 0 bridgehead atoms. The number of nitriles is 1. The fraction of sp³-hybridized carbons (Fsp3) is 0.125. The Balaban J connectivity index is 2.82. The monoisotopic (exact) mass is 132 g/mol. The molecule has 0 spiro atoms. The Hall–Kier alpha value is -1.49. The summed E-state index contributed by atoms with van der Waals surface area (Å²) in [7, 11) is 1.91. The van der Waals surface area contributed by atoms with Crippen molar-refractivity contribution in [2.45, 2.75) is 0 Å². The highest BCUT2D eigenvalue weighted by atomic mass is 15.1. The number of nitrogens with zero attached hydrogens (tertiary/aromatic N) is 2. The molecule has 0 aromatic heterocycles. The van der Waals surface area contributed by atoms with E-state index in [1.807, 2.05) is 42.4 Å². The molecule has 0 aromatic carbocycles. The van der Waals surface area contributed by atoms with E-state index in [-0.39, 0.29) is 0 Å². The molecule has 1 aliphatic heterocycles. The molecule has 1 rings (SSSR count). The van der Waals surface area contributed by atoms with E-state index in [1.54, 1.807) is 0 Å². The molecule has 2 heteroatoms. The van der Waals surface area contributed by atoms with Gasteiger partial charge in [-0.05, 0) is 12.2 Å². The van der Waals surface area contributed by atoms with Crippen LogP contribution in [0.25, 0.3) is 0 Å². The zero-order valence-electron chi connectivity index (χ0n) is 5.78. The van der Waals surface area contributed by atoms with Crippen molar-refractivity contribution < 1.29 is 0 Å². The lowest BCUT2D eigenvalue weighted by Crippen LogP contribution is -2.09. The average Bonchev–Trinajstić information content (AvgIpc) is 1.94. The number of allylic oxidation sites excluding steroid dienone is 4. The molecule has 10 heavy (non-hydrogen) atoms. The summed E-state index contributed by atoms with van der Waals surface area (Å²) in [5.41, 5.74) is 0.921. The third-order valence-corrected chi connectivity index (χ3v) is 1.31. The summed E-state index contributed by atoms with van der Waals surface area (Å²) < 4.78 is 0. The molecule has 0 saturated heterocycles. The van der Waals surface area contributed by atoms with Crippen LogP contribution in [0.4, 0.5) is 0 Å². The Labute approximate surface area is 60.4 Å². The second kappa shape index (κ2) is 2.88. The van der Waals surface area contributed by atoms with Gasteiger partial charge in [0.2, 0.25) is 0 Å². The fourth-order valence-corrected chi connectivity index (χ4v) is 0.753. The minimum Gasteiger partial charge on any atom is -0.350 e. The second-order valence-electron chi connectivity index (χ2n) is 2.01. The smallest absolute Gasteiger partial charge is 0.0933 e. The van der Waals surface area contributed by atoms with Crippen LogP contribution in [0.3, 0.4) is 0 Å². The van der Waals surface area contributed by atoms with Crippen LogP contribution in [0.5, 0.6) is 0 Å². The molecule has 0 unspecified atom stereocenters. The third-order valence-electron chi connectivity index (χ3n) is 1.31. The first-order valence-electron chi connectivity index (χ1n) is 3.02. The van der Waals surface area contributed by atoms with Crippen LogP contribution in [0.2, 0.25) is 0 Å². The first-order valence-corrected chi connectivity index (χ1v) is 3.02. The van der Waals surface area contributed by atoms with Crippen LogP contribution in [-0.2, 0) is 0 Å². The van der Waals surface area contributed by atoms with E-state index < -0.39 is 0 Å². The summed E-state index contributed by atoms with van der Waals surface area (Å²) in [5, 5.41) is 8.33. The molecule has 0 aromatic rings. The van der Waals surface area contributed by atoms with Gasteiger partial charge in [-0.15, -0.1) is 0 Å². The second-order valence-corrected chi connectivity index (χ2v) is 2.01. The van der Waals surface area contributed by atoms with Crippen LogP contribution < -0.4 is 0 Å². The molecule has 2 nitrogen and oxygen atoms in total. The van der Waals surface area contributed by atoms with Crippen LogP contribution in [0, 0.1) is 11.3 Å². The molecule has 50 valence electrons. The zero-order chi connectivity index (χ0) is 7.40. The maximum absolute atomic E-state index is 8.33. The van der Waals surface area contributed by atoms with Crippen molar-refractivity contribution in [3.63, 3.8) is 0 Å². The highest BCUT2D eigenvalue weighted by molar-refractivity contribution is 5.30.